The van der Waals surface area contributed by atoms with Crippen LogP contribution in [0.25, 0.3) is 11.1 Å². The molecule has 24 heavy (non-hydrogen) atoms. The predicted molar refractivity (Wildman–Crippen MR) is 99.4 cm³/mol. The molecule has 2 rings (SSSR count). The lowest BCUT2D eigenvalue weighted by atomic mass is 10.0. The molecule has 4 heteroatoms. The number of rotatable bonds is 3. The van der Waals surface area contributed by atoms with Crippen LogP contribution in [0.3, 0.4) is 0 Å². The van der Waals surface area contributed by atoms with Crippen LogP contribution in [-0.4, -0.2) is 18.7 Å². The maximum Gasteiger partial charge on any atom is 0.342 e. The lowest BCUT2D eigenvalue weighted by Gasteiger charge is -2.20. The average molecular weight is 329 g/mol. The van der Waals surface area contributed by atoms with Gasteiger partial charge in [0.15, 0.2) is 0 Å². The van der Waals surface area contributed by atoms with Gasteiger partial charge in [0.05, 0.1) is 7.11 Å². The molecule has 0 fully saturated rings. The summed E-state index contributed by atoms with van der Waals surface area (Å²) in [5.41, 5.74) is 8.23. The fourth-order valence-electron chi connectivity index (χ4n) is 2.05. The van der Waals surface area contributed by atoms with E-state index < -0.39 is 11.6 Å². The fraction of sp³-hybridized carbons (Fsp3) is 0.350. The first kappa shape index (κ1) is 19.6. The van der Waals surface area contributed by atoms with E-state index in [-0.39, 0.29) is 0 Å². The quantitative estimate of drug-likeness (QED) is 0.641. The molecule has 4 nitrogen and oxygen atoms in total. The van der Waals surface area contributed by atoms with Gasteiger partial charge < -0.3 is 15.2 Å². The van der Waals surface area contributed by atoms with Gasteiger partial charge in [-0.05, 0) is 56.2 Å². The summed E-state index contributed by atoms with van der Waals surface area (Å²) in [6, 6.07) is 12.9. The minimum Gasteiger partial charge on any atom is -0.496 e. The molecule has 0 aliphatic rings. The van der Waals surface area contributed by atoms with Crippen LogP contribution in [0.4, 0.5) is 5.69 Å². The number of ether oxygens (including phenoxy) is 2. The van der Waals surface area contributed by atoms with E-state index in [0.29, 0.717) is 17.0 Å². The fourth-order valence-corrected chi connectivity index (χ4v) is 2.05. The van der Waals surface area contributed by atoms with Gasteiger partial charge in [0.2, 0.25) is 0 Å². The highest BCUT2D eigenvalue weighted by atomic mass is 16.6. The molecule has 130 valence electrons. The number of benzene rings is 2. The number of esters is 1. The summed E-state index contributed by atoms with van der Waals surface area (Å²) in [7, 11) is 1.54. The molecule has 0 saturated carbocycles. The van der Waals surface area contributed by atoms with Crippen molar-refractivity contribution in [3.05, 3.63) is 48.0 Å². The van der Waals surface area contributed by atoms with Gasteiger partial charge in [-0.3, -0.25) is 0 Å². The van der Waals surface area contributed by atoms with Gasteiger partial charge in [0, 0.05) is 5.69 Å². The van der Waals surface area contributed by atoms with E-state index in [1.54, 1.807) is 6.07 Å². The molecule has 0 heterocycles. The van der Waals surface area contributed by atoms with Crippen molar-refractivity contribution in [2.24, 2.45) is 0 Å². The summed E-state index contributed by atoms with van der Waals surface area (Å²) in [4.78, 5) is 12.2. The van der Waals surface area contributed by atoms with Gasteiger partial charge >= 0.3 is 5.97 Å². The second-order valence-corrected chi connectivity index (χ2v) is 6.04. The SMILES string of the molecule is CC.COc1cc(-c2ccc(N)cc2)ccc1C(=O)OC(C)(C)C. The van der Waals surface area contributed by atoms with Crippen molar-refractivity contribution in [1.29, 1.82) is 0 Å². The molecule has 0 atom stereocenters. The van der Waals surface area contributed by atoms with Crippen LogP contribution in [0.5, 0.6) is 5.75 Å². The highest BCUT2D eigenvalue weighted by molar-refractivity contribution is 5.93. The van der Waals surface area contributed by atoms with E-state index in [1.165, 1.54) is 7.11 Å². The molecule has 0 aliphatic heterocycles. The zero-order valence-electron chi connectivity index (χ0n) is 15.3. The van der Waals surface area contributed by atoms with E-state index in [4.69, 9.17) is 15.2 Å². The molecule has 0 unspecified atom stereocenters. The van der Waals surface area contributed by atoms with Gasteiger partial charge in [-0.2, -0.15) is 0 Å². The van der Waals surface area contributed by atoms with Crippen molar-refractivity contribution in [1.82, 2.24) is 0 Å². The minimum atomic E-state index is -0.544. The molecule has 0 spiro atoms. The number of nitrogens with two attached hydrogens (primary N) is 1. The summed E-state index contributed by atoms with van der Waals surface area (Å²) in [5.74, 6) is 0.0942. The van der Waals surface area contributed by atoms with Crippen LogP contribution in [-0.2, 0) is 4.74 Å². The van der Waals surface area contributed by atoms with E-state index in [1.807, 2.05) is 71.0 Å². The van der Waals surface area contributed by atoms with Crippen molar-refractivity contribution >= 4 is 11.7 Å². The molecule has 2 aromatic rings. The Kier molecular flexibility index (Phi) is 6.83. The third-order valence-electron chi connectivity index (χ3n) is 3.06. The largest absolute Gasteiger partial charge is 0.496 e. The third kappa shape index (κ3) is 5.30. The van der Waals surface area contributed by atoms with E-state index in [0.717, 1.165) is 11.1 Å². The average Bonchev–Trinajstić information content (AvgIpc) is 2.55. The molecule has 2 aromatic carbocycles. The standard InChI is InChI=1S/C18H21NO3.C2H6/c1-18(2,3)22-17(20)15-10-7-13(11-16(15)21-4)12-5-8-14(19)9-6-12;1-2/h5-11H,19H2,1-4H3;1-2H3. The molecule has 0 aliphatic carbocycles. The Labute approximate surface area is 144 Å². The molecular weight excluding hydrogens is 302 g/mol. The van der Waals surface area contributed by atoms with Crippen molar-refractivity contribution < 1.29 is 14.3 Å². The molecule has 0 aromatic heterocycles. The molecular formula is C20H27NO3. The Hall–Kier alpha value is -2.49. The van der Waals surface area contributed by atoms with E-state index >= 15 is 0 Å². The first-order chi connectivity index (χ1) is 11.3. The first-order valence-corrected chi connectivity index (χ1v) is 8.07. The number of hydrogen-bond donors (Lipinski definition) is 1. The summed E-state index contributed by atoms with van der Waals surface area (Å²) >= 11 is 0. The number of carbonyl (C=O) groups excluding carboxylic acids is 1. The highest BCUT2D eigenvalue weighted by Crippen LogP contribution is 2.29. The molecule has 0 radical (unpaired) electrons. The normalized spacial score (nSPS) is 10.4. The number of methoxy groups -OCH3 is 1. The van der Waals surface area contributed by atoms with Crippen molar-refractivity contribution in [3.63, 3.8) is 0 Å². The van der Waals surface area contributed by atoms with Crippen LogP contribution in [0.1, 0.15) is 45.0 Å². The number of hydrogen-bond acceptors (Lipinski definition) is 4. The topological polar surface area (TPSA) is 61.5 Å². The highest BCUT2D eigenvalue weighted by Gasteiger charge is 2.21. The van der Waals surface area contributed by atoms with Gasteiger partial charge in [-0.25, -0.2) is 4.79 Å². The van der Waals surface area contributed by atoms with Crippen LogP contribution in [0, 0.1) is 0 Å². The Bertz CT molecular complexity index is 670. The molecule has 0 saturated heterocycles. The van der Waals surface area contributed by atoms with Crippen molar-refractivity contribution in [2.75, 3.05) is 12.8 Å². The number of nitrogen functional groups attached to an aromatic ring is 1. The lowest BCUT2D eigenvalue weighted by Crippen LogP contribution is -2.24. The van der Waals surface area contributed by atoms with Crippen LogP contribution < -0.4 is 10.5 Å². The Morgan fingerprint density at radius 1 is 0.958 bits per heavy atom. The van der Waals surface area contributed by atoms with E-state index in [2.05, 4.69) is 0 Å². The molecule has 2 N–H and O–H groups in total. The lowest BCUT2D eigenvalue weighted by molar-refractivity contribution is 0.00666. The van der Waals surface area contributed by atoms with Gasteiger partial charge in [-0.1, -0.05) is 32.0 Å². The number of anilines is 1. The van der Waals surface area contributed by atoms with Crippen molar-refractivity contribution in [3.8, 4) is 16.9 Å². The Morgan fingerprint density at radius 3 is 2.00 bits per heavy atom. The zero-order chi connectivity index (χ0) is 18.3. The summed E-state index contributed by atoms with van der Waals surface area (Å²) in [5, 5.41) is 0. The molecule has 0 amide bonds. The van der Waals surface area contributed by atoms with Gasteiger partial charge in [0.25, 0.3) is 0 Å². The summed E-state index contributed by atoms with van der Waals surface area (Å²) in [6.45, 7) is 9.50. The monoisotopic (exact) mass is 329 g/mol. The second-order valence-electron chi connectivity index (χ2n) is 6.04. The maximum atomic E-state index is 12.2. The molecule has 0 bridgehead atoms. The summed E-state index contributed by atoms with van der Waals surface area (Å²) < 4.78 is 10.7. The van der Waals surface area contributed by atoms with Crippen LogP contribution in [0.15, 0.2) is 42.5 Å². The maximum absolute atomic E-state index is 12.2. The minimum absolute atomic E-state index is 0.395. The first-order valence-electron chi connectivity index (χ1n) is 8.07. The number of carbonyl (C=O) groups is 1. The smallest absolute Gasteiger partial charge is 0.342 e. The Balaban J connectivity index is 0.00000139. The predicted octanol–water partition coefficient (Wildman–Crippen LogP) is 4.93. The summed E-state index contributed by atoms with van der Waals surface area (Å²) in [6.07, 6.45) is 0. The Morgan fingerprint density at radius 2 is 1.50 bits per heavy atom. The van der Waals surface area contributed by atoms with Gasteiger partial charge in [-0.15, -0.1) is 0 Å². The van der Waals surface area contributed by atoms with E-state index in [9.17, 15) is 4.79 Å². The van der Waals surface area contributed by atoms with Gasteiger partial charge in [0.1, 0.15) is 16.9 Å². The van der Waals surface area contributed by atoms with Crippen LogP contribution >= 0.6 is 0 Å². The zero-order valence-corrected chi connectivity index (χ0v) is 15.3. The van der Waals surface area contributed by atoms with Crippen molar-refractivity contribution in [2.45, 2.75) is 40.2 Å². The third-order valence-corrected chi connectivity index (χ3v) is 3.06. The van der Waals surface area contributed by atoms with Crippen LogP contribution in [0.2, 0.25) is 0 Å². The second kappa shape index (κ2) is 8.39.